The van der Waals surface area contributed by atoms with Crippen molar-refractivity contribution in [2.75, 3.05) is 39.6 Å². The van der Waals surface area contributed by atoms with E-state index in [4.69, 9.17) is 9.47 Å². The van der Waals surface area contributed by atoms with Gasteiger partial charge in [0.25, 0.3) is 11.1 Å². The molecule has 25 heavy (non-hydrogen) atoms. The standard InChI is InChI=1S/C18H20N2O4S/c1-2-9-24-15-5-3-14(4-6-15)12-16-17(21)20(18(22)25-16)13-19-7-10-23-11-8-19/h2-6,12H,1,7-11,13H2/b16-12+. The SMILES string of the molecule is C=CCOc1ccc(/C=C2/SC(=O)N(CN3CCOCC3)C2=O)cc1. The number of hydrogen-bond donors (Lipinski definition) is 0. The molecule has 132 valence electrons. The van der Waals surface area contributed by atoms with Crippen LogP contribution in [0.15, 0.2) is 41.8 Å². The minimum absolute atomic E-state index is 0.228. The maximum absolute atomic E-state index is 12.5. The molecular weight excluding hydrogens is 340 g/mol. The Kier molecular flexibility index (Phi) is 5.91. The molecule has 0 bridgehead atoms. The van der Waals surface area contributed by atoms with E-state index in [9.17, 15) is 9.59 Å². The predicted molar refractivity (Wildman–Crippen MR) is 97.2 cm³/mol. The van der Waals surface area contributed by atoms with Gasteiger partial charge in [0.15, 0.2) is 0 Å². The van der Waals surface area contributed by atoms with Gasteiger partial charge in [-0.05, 0) is 35.5 Å². The van der Waals surface area contributed by atoms with Crippen LogP contribution in [0, 0.1) is 0 Å². The zero-order valence-corrected chi connectivity index (χ0v) is 14.7. The minimum Gasteiger partial charge on any atom is -0.490 e. The lowest BCUT2D eigenvalue weighted by atomic mass is 10.2. The highest BCUT2D eigenvalue weighted by Crippen LogP contribution is 2.32. The number of carbonyl (C=O) groups excluding carboxylic acids is 2. The van der Waals surface area contributed by atoms with Crippen molar-refractivity contribution < 1.29 is 19.1 Å². The third-order valence-corrected chi connectivity index (χ3v) is 4.77. The molecule has 0 spiro atoms. The van der Waals surface area contributed by atoms with Crippen LogP contribution < -0.4 is 4.74 Å². The third-order valence-electron chi connectivity index (χ3n) is 3.86. The van der Waals surface area contributed by atoms with Gasteiger partial charge in [-0.2, -0.15) is 0 Å². The zero-order valence-electron chi connectivity index (χ0n) is 13.8. The van der Waals surface area contributed by atoms with Crippen molar-refractivity contribution in [1.82, 2.24) is 9.80 Å². The number of rotatable bonds is 6. The van der Waals surface area contributed by atoms with E-state index in [1.807, 2.05) is 24.3 Å². The highest BCUT2D eigenvalue weighted by Gasteiger charge is 2.36. The zero-order chi connectivity index (χ0) is 17.6. The summed E-state index contributed by atoms with van der Waals surface area (Å²) in [4.78, 5) is 28.5. The van der Waals surface area contributed by atoms with E-state index < -0.39 is 0 Å². The molecule has 2 heterocycles. The normalized spacial score (nSPS) is 20.3. The molecule has 3 rings (SSSR count). The quantitative estimate of drug-likeness (QED) is 0.574. The van der Waals surface area contributed by atoms with Crippen LogP contribution in [0.4, 0.5) is 4.79 Å². The van der Waals surface area contributed by atoms with Crippen molar-refractivity contribution in [3.05, 3.63) is 47.4 Å². The number of thioether (sulfide) groups is 1. The molecule has 1 aromatic carbocycles. The lowest BCUT2D eigenvalue weighted by Crippen LogP contribution is -2.45. The lowest BCUT2D eigenvalue weighted by Gasteiger charge is -2.29. The van der Waals surface area contributed by atoms with Crippen LogP contribution in [-0.2, 0) is 9.53 Å². The van der Waals surface area contributed by atoms with E-state index in [-0.39, 0.29) is 11.1 Å². The number of ether oxygens (including phenoxy) is 2. The monoisotopic (exact) mass is 360 g/mol. The Bertz CT molecular complexity index is 681. The van der Waals surface area contributed by atoms with Crippen LogP contribution in [0.2, 0.25) is 0 Å². The molecule has 6 nitrogen and oxygen atoms in total. The van der Waals surface area contributed by atoms with Gasteiger partial charge >= 0.3 is 0 Å². The van der Waals surface area contributed by atoms with Gasteiger partial charge in [0, 0.05) is 13.1 Å². The van der Waals surface area contributed by atoms with Gasteiger partial charge < -0.3 is 9.47 Å². The van der Waals surface area contributed by atoms with Crippen LogP contribution in [0.3, 0.4) is 0 Å². The molecule has 1 aromatic rings. The van der Waals surface area contributed by atoms with E-state index in [1.165, 1.54) is 4.90 Å². The van der Waals surface area contributed by atoms with Crippen LogP contribution in [-0.4, -0.2) is 60.5 Å². The summed E-state index contributed by atoms with van der Waals surface area (Å²) in [5, 5.41) is -0.228. The number of imide groups is 1. The van der Waals surface area contributed by atoms with Crippen LogP contribution >= 0.6 is 11.8 Å². The van der Waals surface area contributed by atoms with E-state index in [1.54, 1.807) is 12.2 Å². The highest BCUT2D eigenvalue weighted by molar-refractivity contribution is 8.18. The fourth-order valence-electron chi connectivity index (χ4n) is 2.53. The molecule has 0 saturated carbocycles. The van der Waals surface area contributed by atoms with Gasteiger partial charge in [0.1, 0.15) is 12.4 Å². The number of nitrogens with zero attached hydrogens (tertiary/aromatic N) is 2. The van der Waals surface area contributed by atoms with Crippen LogP contribution in [0.25, 0.3) is 6.08 Å². The summed E-state index contributed by atoms with van der Waals surface area (Å²) in [5.41, 5.74) is 0.850. The van der Waals surface area contributed by atoms with Gasteiger partial charge in [-0.15, -0.1) is 0 Å². The number of morpholine rings is 1. The van der Waals surface area contributed by atoms with Gasteiger partial charge in [-0.1, -0.05) is 24.8 Å². The molecule has 2 fully saturated rings. The molecule has 2 aliphatic rings. The molecule has 0 atom stereocenters. The number of amides is 2. The summed E-state index contributed by atoms with van der Waals surface area (Å²) < 4.78 is 10.7. The average Bonchev–Trinajstić information content (AvgIpc) is 2.89. The largest absolute Gasteiger partial charge is 0.490 e. The Balaban J connectivity index is 1.66. The fraction of sp³-hybridized carbons (Fsp3) is 0.333. The summed E-state index contributed by atoms with van der Waals surface area (Å²) in [6.07, 6.45) is 3.42. The highest BCUT2D eigenvalue weighted by atomic mass is 32.2. The molecule has 0 aliphatic carbocycles. The molecular formula is C18H20N2O4S. The van der Waals surface area contributed by atoms with Crippen molar-refractivity contribution in [3.8, 4) is 5.75 Å². The molecule has 0 radical (unpaired) electrons. The Labute approximate surface area is 151 Å². The third kappa shape index (κ3) is 4.50. The molecule has 7 heteroatoms. The topological polar surface area (TPSA) is 59.1 Å². The molecule has 0 aromatic heterocycles. The summed E-state index contributed by atoms with van der Waals surface area (Å²) in [6, 6.07) is 7.36. The second-order valence-electron chi connectivity index (χ2n) is 5.65. The van der Waals surface area contributed by atoms with Crippen LogP contribution in [0.5, 0.6) is 5.75 Å². The first kappa shape index (κ1) is 17.7. The summed E-state index contributed by atoms with van der Waals surface area (Å²) >= 11 is 0.979. The first-order valence-electron chi connectivity index (χ1n) is 8.06. The number of benzene rings is 1. The van der Waals surface area contributed by atoms with E-state index in [0.717, 1.165) is 36.2 Å². The van der Waals surface area contributed by atoms with Crippen molar-refractivity contribution >= 4 is 29.0 Å². The summed E-state index contributed by atoms with van der Waals surface area (Å²) in [6.45, 7) is 7.09. The Morgan fingerprint density at radius 1 is 1.20 bits per heavy atom. The van der Waals surface area contributed by atoms with Gasteiger partial charge in [-0.3, -0.25) is 19.4 Å². The summed E-state index contributed by atoms with van der Waals surface area (Å²) in [5.74, 6) is 0.492. The van der Waals surface area contributed by atoms with Gasteiger partial charge in [0.2, 0.25) is 0 Å². The van der Waals surface area contributed by atoms with Crippen molar-refractivity contribution in [2.45, 2.75) is 0 Å². The average molecular weight is 360 g/mol. The summed E-state index contributed by atoms with van der Waals surface area (Å²) in [7, 11) is 0. The second kappa shape index (κ2) is 8.33. The van der Waals surface area contributed by atoms with Crippen molar-refractivity contribution in [1.29, 1.82) is 0 Å². The molecule has 2 saturated heterocycles. The number of hydrogen-bond acceptors (Lipinski definition) is 6. The molecule has 0 N–H and O–H groups in total. The Morgan fingerprint density at radius 3 is 2.60 bits per heavy atom. The number of carbonyl (C=O) groups is 2. The smallest absolute Gasteiger partial charge is 0.294 e. The van der Waals surface area contributed by atoms with E-state index >= 15 is 0 Å². The van der Waals surface area contributed by atoms with Gasteiger partial charge in [-0.25, -0.2) is 0 Å². The van der Waals surface area contributed by atoms with Crippen molar-refractivity contribution in [2.24, 2.45) is 0 Å². The van der Waals surface area contributed by atoms with Crippen molar-refractivity contribution in [3.63, 3.8) is 0 Å². The Hall–Kier alpha value is -2.09. The first-order valence-corrected chi connectivity index (χ1v) is 8.88. The maximum atomic E-state index is 12.5. The predicted octanol–water partition coefficient (Wildman–Crippen LogP) is 2.58. The molecule has 2 aliphatic heterocycles. The minimum atomic E-state index is -0.242. The fourth-order valence-corrected chi connectivity index (χ4v) is 3.36. The lowest BCUT2D eigenvalue weighted by molar-refractivity contribution is -0.125. The van der Waals surface area contributed by atoms with E-state index in [2.05, 4.69) is 11.5 Å². The first-order chi connectivity index (χ1) is 12.2. The second-order valence-corrected chi connectivity index (χ2v) is 6.64. The maximum Gasteiger partial charge on any atom is 0.294 e. The van der Waals surface area contributed by atoms with E-state index in [0.29, 0.717) is 31.4 Å². The van der Waals surface area contributed by atoms with Gasteiger partial charge in [0.05, 0.1) is 24.8 Å². The molecule has 2 amide bonds. The molecule has 0 unspecified atom stereocenters. The Morgan fingerprint density at radius 2 is 1.92 bits per heavy atom. The van der Waals surface area contributed by atoms with Crippen LogP contribution in [0.1, 0.15) is 5.56 Å².